The third kappa shape index (κ3) is 8.18. The molecule has 0 radical (unpaired) electrons. The Kier molecular flexibility index (Phi) is 10.5. The minimum Gasteiger partial charge on any atom is -0.497 e. The van der Waals surface area contributed by atoms with E-state index in [9.17, 15) is 9.18 Å². The molecule has 0 saturated heterocycles. The molecule has 0 spiro atoms. The molecule has 41 heavy (non-hydrogen) atoms. The number of carbonyl (C=O) groups excluding carboxylic acids is 1. The van der Waals surface area contributed by atoms with Crippen LogP contribution in [0.1, 0.15) is 32.2 Å². The zero-order valence-corrected chi connectivity index (χ0v) is 24.4. The minimum atomic E-state index is -0.279. The van der Waals surface area contributed by atoms with Gasteiger partial charge in [0.25, 0.3) is 5.91 Å². The third-order valence-electron chi connectivity index (χ3n) is 6.50. The lowest BCUT2D eigenvalue weighted by Gasteiger charge is -2.23. The predicted molar refractivity (Wildman–Crippen MR) is 157 cm³/mol. The molecule has 4 aromatic rings. The quantitative estimate of drug-likeness (QED) is 0.212. The van der Waals surface area contributed by atoms with Crippen LogP contribution in [0.2, 0.25) is 0 Å². The number of halogens is 1. The lowest BCUT2D eigenvalue weighted by molar-refractivity contribution is 0.0949. The van der Waals surface area contributed by atoms with Gasteiger partial charge < -0.3 is 24.3 Å². The Labute approximate surface area is 243 Å². The first-order chi connectivity index (χ1) is 19.9. The van der Waals surface area contributed by atoms with Gasteiger partial charge in [-0.2, -0.15) is 0 Å². The van der Waals surface area contributed by atoms with Gasteiger partial charge in [0.15, 0.2) is 11.5 Å². The van der Waals surface area contributed by atoms with E-state index >= 15 is 0 Å². The predicted octanol–water partition coefficient (Wildman–Crippen LogP) is 5.49. The van der Waals surface area contributed by atoms with Gasteiger partial charge in [-0.3, -0.25) is 9.69 Å². The van der Waals surface area contributed by atoms with E-state index in [1.165, 1.54) is 23.5 Å². The minimum absolute atomic E-state index is 0.227. The highest BCUT2D eigenvalue weighted by molar-refractivity contribution is 7.09. The summed E-state index contributed by atoms with van der Waals surface area (Å²) in [7, 11) is 6.43. The Bertz CT molecular complexity index is 1440. The number of rotatable bonds is 14. The van der Waals surface area contributed by atoms with E-state index in [1.54, 1.807) is 46.0 Å². The van der Waals surface area contributed by atoms with Crippen molar-refractivity contribution in [1.82, 2.24) is 15.2 Å². The molecule has 216 valence electrons. The number of nitrogens with zero attached hydrogens (tertiary/aromatic N) is 2. The molecule has 1 aromatic heterocycles. The highest BCUT2D eigenvalue weighted by Gasteiger charge is 2.17. The molecule has 0 aliphatic heterocycles. The second-order valence-electron chi connectivity index (χ2n) is 9.27. The highest BCUT2D eigenvalue weighted by Crippen LogP contribution is 2.28. The Hall–Kier alpha value is -4.15. The van der Waals surface area contributed by atoms with E-state index in [4.69, 9.17) is 18.9 Å². The topological polar surface area (TPSA) is 82.2 Å². The van der Waals surface area contributed by atoms with Crippen molar-refractivity contribution < 1.29 is 28.1 Å². The van der Waals surface area contributed by atoms with Gasteiger partial charge in [-0.25, -0.2) is 9.37 Å². The fourth-order valence-electron chi connectivity index (χ4n) is 4.37. The van der Waals surface area contributed by atoms with E-state index in [0.717, 1.165) is 21.7 Å². The van der Waals surface area contributed by atoms with Gasteiger partial charge in [-0.1, -0.05) is 24.3 Å². The first-order valence-corrected chi connectivity index (χ1v) is 13.9. The van der Waals surface area contributed by atoms with Crippen LogP contribution >= 0.6 is 11.3 Å². The van der Waals surface area contributed by atoms with Crippen molar-refractivity contribution in [1.29, 1.82) is 0 Å². The van der Waals surface area contributed by atoms with Crippen LogP contribution in [0.15, 0.2) is 66.0 Å². The van der Waals surface area contributed by atoms with Gasteiger partial charge in [0.2, 0.25) is 0 Å². The lowest BCUT2D eigenvalue weighted by atomic mass is 10.1. The van der Waals surface area contributed by atoms with Crippen LogP contribution < -0.4 is 24.3 Å². The zero-order chi connectivity index (χ0) is 29.2. The van der Waals surface area contributed by atoms with Crippen molar-refractivity contribution in [3.05, 3.63) is 99.3 Å². The summed E-state index contributed by atoms with van der Waals surface area (Å²) < 4.78 is 35.1. The first kappa shape index (κ1) is 29.8. The van der Waals surface area contributed by atoms with E-state index in [-0.39, 0.29) is 11.7 Å². The summed E-state index contributed by atoms with van der Waals surface area (Å²) in [5.74, 6) is 2.22. The second kappa shape index (κ2) is 14.5. The molecule has 1 N–H and O–H groups in total. The van der Waals surface area contributed by atoms with E-state index < -0.39 is 0 Å². The molecule has 0 atom stereocenters. The number of carbonyl (C=O) groups is 1. The van der Waals surface area contributed by atoms with E-state index in [1.807, 2.05) is 36.4 Å². The van der Waals surface area contributed by atoms with Gasteiger partial charge in [0.05, 0.1) is 35.0 Å². The molecule has 1 heterocycles. The fourth-order valence-corrected chi connectivity index (χ4v) is 5.18. The maximum absolute atomic E-state index is 13.5. The average molecular weight is 580 g/mol. The van der Waals surface area contributed by atoms with Crippen molar-refractivity contribution in [2.75, 3.05) is 35.0 Å². The number of aromatic nitrogens is 1. The number of hydrogen-bond donors (Lipinski definition) is 1. The summed E-state index contributed by atoms with van der Waals surface area (Å²) in [5.41, 5.74) is 3.33. The fraction of sp³-hybridized carbons (Fsp3) is 0.290. The van der Waals surface area contributed by atoms with E-state index in [2.05, 4.69) is 15.2 Å². The van der Waals surface area contributed by atoms with Crippen LogP contribution in [0.5, 0.6) is 23.0 Å². The number of benzene rings is 3. The van der Waals surface area contributed by atoms with Gasteiger partial charge in [0.1, 0.15) is 28.0 Å². The smallest absolute Gasteiger partial charge is 0.270 e. The summed E-state index contributed by atoms with van der Waals surface area (Å²) >= 11 is 1.43. The van der Waals surface area contributed by atoms with Gasteiger partial charge in [0, 0.05) is 36.6 Å². The molecule has 3 aromatic carbocycles. The number of hydrogen-bond acceptors (Lipinski definition) is 8. The van der Waals surface area contributed by atoms with Crippen molar-refractivity contribution in [2.24, 2.45) is 0 Å². The Morgan fingerprint density at radius 2 is 1.56 bits per heavy atom. The van der Waals surface area contributed by atoms with Crippen molar-refractivity contribution in [2.45, 2.75) is 26.1 Å². The monoisotopic (exact) mass is 579 g/mol. The Balaban J connectivity index is 1.42. The lowest BCUT2D eigenvalue weighted by Crippen LogP contribution is -2.26. The molecule has 0 saturated carbocycles. The molecule has 1 amide bonds. The number of thiazole rings is 1. The maximum atomic E-state index is 13.5. The summed E-state index contributed by atoms with van der Waals surface area (Å²) in [6.07, 6.45) is 0.637. The molecular weight excluding hydrogens is 545 g/mol. The number of nitrogens with one attached hydrogen (secondary N) is 1. The molecule has 0 fully saturated rings. The molecular formula is C31H34FN3O5S. The SMILES string of the molecule is COc1ccc(CN(Cc2ccc(F)cc2)Cc2nc(C(=O)NCCc3ccc(OC)c(OC)c3)cs2)c(OC)c1. The highest BCUT2D eigenvalue weighted by atomic mass is 32.1. The molecule has 0 unspecified atom stereocenters. The van der Waals surface area contributed by atoms with Crippen LogP contribution in [0.4, 0.5) is 4.39 Å². The number of methoxy groups -OCH3 is 4. The normalized spacial score (nSPS) is 10.9. The largest absolute Gasteiger partial charge is 0.497 e. The maximum Gasteiger partial charge on any atom is 0.270 e. The first-order valence-electron chi connectivity index (χ1n) is 13.0. The third-order valence-corrected chi connectivity index (χ3v) is 7.33. The number of ether oxygens (including phenoxy) is 4. The standard InChI is InChI=1S/C31H34FN3O5S/c1-37-25-11-8-23(28(16-25)39-3)18-35(17-22-5-9-24(32)10-6-22)19-30-34-26(20-41-30)31(36)33-14-13-21-7-12-27(38-2)29(15-21)40-4/h5-12,15-16,20H,13-14,17-19H2,1-4H3,(H,33,36). The summed E-state index contributed by atoms with van der Waals surface area (Å²) in [5, 5.41) is 5.51. The second-order valence-corrected chi connectivity index (χ2v) is 10.2. The van der Waals surface area contributed by atoms with Crippen LogP contribution in [0, 0.1) is 5.82 Å². The Morgan fingerprint density at radius 3 is 2.27 bits per heavy atom. The van der Waals surface area contributed by atoms with Crippen molar-refractivity contribution in [3.8, 4) is 23.0 Å². The zero-order valence-electron chi connectivity index (χ0n) is 23.6. The summed E-state index contributed by atoms with van der Waals surface area (Å²) in [4.78, 5) is 19.6. The van der Waals surface area contributed by atoms with Crippen molar-refractivity contribution >= 4 is 17.2 Å². The van der Waals surface area contributed by atoms with Crippen LogP contribution in [0.3, 0.4) is 0 Å². The molecule has 4 rings (SSSR count). The molecule has 0 aliphatic carbocycles. The molecule has 0 aliphatic rings. The summed E-state index contributed by atoms with van der Waals surface area (Å²) in [6, 6.07) is 17.9. The van der Waals surface area contributed by atoms with Gasteiger partial charge >= 0.3 is 0 Å². The van der Waals surface area contributed by atoms with Crippen molar-refractivity contribution in [3.63, 3.8) is 0 Å². The average Bonchev–Trinajstić information content (AvgIpc) is 3.46. The van der Waals surface area contributed by atoms with Gasteiger partial charge in [-0.05, 0) is 47.9 Å². The number of amides is 1. The van der Waals surface area contributed by atoms with Crippen LogP contribution in [0.25, 0.3) is 0 Å². The Morgan fingerprint density at radius 1 is 0.829 bits per heavy atom. The van der Waals surface area contributed by atoms with Crippen LogP contribution in [-0.2, 0) is 26.1 Å². The molecule has 10 heteroatoms. The van der Waals surface area contributed by atoms with Gasteiger partial charge in [-0.15, -0.1) is 11.3 Å². The molecule has 8 nitrogen and oxygen atoms in total. The van der Waals surface area contributed by atoms with Crippen LogP contribution in [-0.4, -0.2) is 50.8 Å². The molecule has 0 bridgehead atoms. The van der Waals surface area contributed by atoms with E-state index in [0.29, 0.717) is 61.3 Å². The summed E-state index contributed by atoms with van der Waals surface area (Å²) in [6.45, 7) is 2.06.